The van der Waals surface area contributed by atoms with Crippen LogP contribution in [0.15, 0.2) is 12.1 Å². The van der Waals surface area contributed by atoms with E-state index in [-0.39, 0.29) is 0 Å². The minimum Gasteiger partial charge on any atom is -0.383 e. The van der Waals surface area contributed by atoms with Gasteiger partial charge in [-0.05, 0) is 24.6 Å². The highest BCUT2D eigenvalue weighted by Gasteiger charge is 2.11. The molecule has 0 spiro atoms. The third-order valence-corrected chi connectivity index (χ3v) is 3.27. The van der Waals surface area contributed by atoms with Crippen molar-refractivity contribution in [2.45, 2.75) is 6.92 Å². The molecule has 0 aliphatic carbocycles. The quantitative estimate of drug-likeness (QED) is 0.726. The Morgan fingerprint density at radius 1 is 1.13 bits per heavy atom. The number of benzene rings is 1. The smallest absolute Gasteiger partial charge is 0.127 e. The summed E-state index contributed by atoms with van der Waals surface area (Å²) in [5.74, 6) is 0.447. The van der Waals surface area contributed by atoms with E-state index in [0.29, 0.717) is 26.4 Å². The second kappa shape index (κ2) is 3.71. The lowest BCUT2D eigenvalue weighted by atomic mass is 10.1. The highest BCUT2D eigenvalue weighted by Crippen LogP contribution is 2.36. The highest BCUT2D eigenvalue weighted by molar-refractivity contribution is 6.47. The van der Waals surface area contributed by atoms with E-state index in [4.69, 9.17) is 40.5 Å². The summed E-state index contributed by atoms with van der Waals surface area (Å²) in [6.07, 6.45) is 0. The molecule has 5 heteroatoms. The van der Waals surface area contributed by atoms with Crippen molar-refractivity contribution in [3.63, 3.8) is 0 Å². The summed E-state index contributed by atoms with van der Waals surface area (Å²) in [5, 5.41) is 2.04. The van der Waals surface area contributed by atoms with Gasteiger partial charge in [-0.3, -0.25) is 0 Å². The van der Waals surface area contributed by atoms with E-state index in [2.05, 4.69) is 4.98 Å². The Kier molecular flexibility index (Phi) is 2.67. The van der Waals surface area contributed by atoms with E-state index in [9.17, 15) is 0 Å². The number of aryl methyl sites for hydroxylation is 1. The first kappa shape index (κ1) is 10.8. The molecule has 2 N–H and O–H groups in total. The fourth-order valence-electron chi connectivity index (χ4n) is 1.35. The van der Waals surface area contributed by atoms with Gasteiger partial charge in [0.2, 0.25) is 0 Å². The lowest BCUT2D eigenvalue weighted by Crippen LogP contribution is -1.95. The maximum Gasteiger partial charge on any atom is 0.127 e. The van der Waals surface area contributed by atoms with Crippen molar-refractivity contribution in [1.29, 1.82) is 0 Å². The maximum absolute atomic E-state index is 6.05. The summed E-state index contributed by atoms with van der Waals surface area (Å²) < 4.78 is 0. The van der Waals surface area contributed by atoms with Gasteiger partial charge >= 0.3 is 0 Å². The zero-order chi connectivity index (χ0) is 11.2. The normalized spacial score (nSPS) is 10.9. The van der Waals surface area contributed by atoms with Crippen LogP contribution in [0.1, 0.15) is 5.56 Å². The van der Waals surface area contributed by atoms with Gasteiger partial charge in [0.15, 0.2) is 0 Å². The van der Waals surface area contributed by atoms with Gasteiger partial charge in [-0.1, -0.05) is 34.8 Å². The van der Waals surface area contributed by atoms with Gasteiger partial charge < -0.3 is 5.73 Å². The van der Waals surface area contributed by atoms with Crippen LogP contribution in [-0.2, 0) is 0 Å². The third-order valence-electron chi connectivity index (χ3n) is 2.18. The Morgan fingerprint density at radius 2 is 1.80 bits per heavy atom. The molecule has 2 nitrogen and oxygen atoms in total. The molecule has 0 aliphatic heterocycles. The topological polar surface area (TPSA) is 38.9 Å². The predicted octanol–water partition coefficient (Wildman–Crippen LogP) is 4.09. The lowest BCUT2D eigenvalue weighted by Gasteiger charge is -2.07. The molecule has 0 saturated carbocycles. The first-order valence-electron chi connectivity index (χ1n) is 4.21. The molecule has 0 aliphatic rings. The van der Waals surface area contributed by atoms with Gasteiger partial charge in [0.1, 0.15) is 5.82 Å². The zero-order valence-corrected chi connectivity index (χ0v) is 10.1. The monoisotopic (exact) mass is 260 g/mol. The fourth-order valence-corrected chi connectivity index (χ4v) is 2.07. The number of halogens is 3. The van der Waals surface area contributed by atoms with E-state index < -0.39 is 0 Å². The number of nitrogens with zero attached hydrogens (tertiary/aromatic N) is 1. The van der Waals surface area contributed by atoms with Gasteiger partial charge in [0, 0.05) is 5.39 Å². The van der Waals surface area contributed by atoms with Crippen LogP contribution in [0.5, 0.6) is 0 Å². The molecule has 0 fully saturated rings. The second-order valence-electron chi connectivity index (χ2n) is 3.24. The van der Waals surface area contributed by atoms with Crippen LogP contribution in [0.25, 0.3) is 10.9 Å². The number of rotatable bonds is 0. The summed E-state index contributed by atoms with van der Waals surface area (Å²) in [7, 11) is 0. The van der Waals surface area contributed by atoms with Crippen molar-refractivity contribution in [3.8, 4) is 0 Å². The summed E-state index contributed by atoms with van der Waals surface area (Å²) in [5.41, 5.74) is 7.12. The number of pyridine rings is 1. The molecule has 1 aromatic carbocycles. The van der Waals surface area contributed by atoms with E-state index in [1.54, 1.807) is 6.07 Å². The van der Waals surface area contributed by atoms with E-state index in [0.717, 1.165) is 10.9 Å². The van der Waals surface area contributed by atoms with Crippen LogP contribution in [0.2, 0.25) is 15.1 Å². The van der Waals surface area contributed by atoms with Crippen molar-refractivity contribution in [2.75, 3.05) is 5.73 Å². The van der Waals surface area contributed by atoms with Crippen LogP contribution in [0.4, 0.5) is 5.82 Å². The number of hydrogen-bond donors (Lipinski definition) is 1. The average Bonchev–Trinajstić information content (AvgIpc) is 2.18. The highest BCUT2D eigenvalue weighted by atomic mass is 35.5. The SMILES string of the molecule is Cc1cc2c(Cl)c(Cl)cc(Cl)c2nc1N. The number of fused-ring (bicyclic) bond motifs is 1. The Hall–Kier alpha value is -0.700. The minimum atomic E-state index is 0.417. The first-order valence-corrected chi connectivity index (χ1v) is 5.34. The standard InChI is InChI=1S/C10H7Cl3N2/c1-4-2-5-8(13)6(11)3-7(12)9(5)15-10(4)14/h2-3H,1H3,(H2,14,15). The summed E-state index contributed by atoms with van der Waals surface area (Å²) in [6, 6.07) is 3.40. The molecule has 0 atom stereocenters. The lowest BCUT2D eigenvalue weighted by molar-refractivity contribution is 1.34. The van der Waals surface area contributed by atoms with Crippen molar-refractivity contribution in [3.05, 3.63) is 32.8 Å². The first-order chi connectivity index (χ1) is 7.00. The Bertz CT molecular complexity index is 552. The summed E-state index contributed by atoms with van der Waals surface area (Å²) in [6.45, 7) is 1.85. The Morgan fingerprint density at radius 3 is 2.47 bits per heavy atom. The second-order valence-corrected chi connectivity index (χ2v) is 4.43. The molecule has 0 amide bonds. The van der Waals surface area contributed by atoms with Gasteiger partial charge in [-0.2, -0.15) is 0 Å². The predicted molar refractivity (Wildman–Crippen MR) is 65.9 cm³/mol. The zero-order valence-electron chi connectivity index (χ0n) is 7.81. The average molecular weight is 262 g/mol. The van der Waals surface area contributed by atoms with Gasteiger partial charge in [-0.15, -0.1) is 0 Å². The van der Waals surface area contributed by atoms with E-state index >= 15 is 0 Å². The van der Waals surface area contributed by atoms with Crippen LogP contribution < -0.4 is 5.73 Å². The van der Waals surface area contributed by atoms with Crippen LogP contribution in [0, 0.1) is 6.92 Å². The summed E-state index contributed by atoms with van der Waals surface area (Å²) in [4.78, 5) is 4.18. The fraction of sp³-hybridized carbons (Fsp3) is 0.100. The van der Waals surface area contributed by atoms with Crippen molar-refractivity contribution in [2.24, 2.45) is 0 Å². The van der Waals surface area contributed by atoms with Crippen molar-refractivity contribution < 1.29 is 0 Å². The molecule has 0 unspecified atom stereocenters. The Labute approximate surface area is 102 Å². The van der Waals surface area contributed by atoms with Crippen molar-refractivity contribution in [1.82, 2.24) is 4.98 Å². The molecular weight excluding hydrogens is 254 g/mol. The molecule has 15 heavy (non-hydrogen) atoms. The molecule has 0 saturated heterocycles. The van der Waals surface area contributed by atoms with Gasteiger partial charge in [0.25, 0.3) is 0 Å². The number of nitrogen functional groups attached to an aromatic ring is 1. The number of nitrogens with two attached hydrogens (primary N) is 1. The molecule has 2 aromatic rings. The van der Waals surface area contributed by atoms with Gasteiger partial charge in [0.05, 0.1) is 20.6 Å². The molecule has 0 bridgehead atoms. The van der Waals surface area contributed by atoms with Crippen molar-refractivity contribution >= 4 is 51.5 Å². The molecular formula is C10H7Cl3N2. The number of anilines is 1. The number of hydrogen-bond acceptors (Lipinski definition) is 2. The molecule has 0 radical (unpaired) electrons. The summed E-state index contributed by atoms with van der Waals surface area (Å²) >= 11 is 18.0. The largest absolute Gasteiger partial charge is 0.383 e. The van der Waals surface area contributed by atoms with Crippen LogP contribution in [-0.4, -0.2) is 4.98 Å². The Balaban J connectivity index is 2.97. The molecule has 1 heterocycles. The molecule has 78 valence electrons. The minimum absolute atomic E-state index is 0.417. The molecule has 1 aromatic heterocycles. The molecule has 2 rings (SSSR count). The third kappa shape index (κ3) is 1.73. The van der Waals surface area contributed by atoms with E-state index in [1.165, 1.54) is 0 Å². The van der Waals surface area contributed by atoms with E-state index in [1.807, 2.05) is 13.0 Å². The van der Waals surface area contributed by atoms with Crippen LogP contribution >= 0.6 is 34.8 Å². The number of aromatic nitrogens is 1. The maximum atomic E-state index is 6.05. The van der Waals surface area contributed by atoms with Crippen LogP contribution in [0.3, 0.4) is 0 Å². The van der Waals surface area contributed by atoms with Gasteiger partial charge in [-0.25, -0.2) is 4.98 Å².